The maximum absolute atomic E-state index is 13.7. The van der Waals surface area contributed by atoms with E-state index in [1.54, 1.807) is 42.7 Å². The van der Waals surface area contributed by atoms with E-state index in [0.29, 0.717) is 11.4 Å². The molecule has 120 valence electrons. The van der Waals surface area contributed by atoms with Crippen LogP contribution in [0.2, 0.25) is 5.02 Å². The number of halogens is 2. The van der Waals surface area contributed by atoms with Crippen molar-refractivity contribution < 1.29 is 13.9 Å². The molecule has 0 aliphatic heterocycles. The summed E-state index contributed by atoms with van der Waals surface area (Å²) in [5.74, 6) is -0.721. The molecule has 0 fully saturated rings. The number of carbonyl (C=O) groups is 1. The topological polar surface area (TPSA) is 64.1 Å². The highest BCUT2D eigenvalue weighted by Crippen LogP contribution is 2.21. The smallest absolute Gasteiger partial charge is 0.321 e. The maximum atomic E-state index is 13.7. The highest BCUT2D eigenvalue weighted by atomic mass is 35.5. The third-order valence-corrected chi connectivity index (χ3v) is 3.27. The summed E-state index contributed by atoms with van der Waals surface area (Å²) in [5.41, 5.74) is 0.362. The van der Waals surface area contributed by atoms with Crippen molar-refractivity contribution in [2.75, 3.05) is 5.32 Å². The number of nitrogens with zero attached hydrogens (tertiary/aromatic N) is 2. The van der Waals surface area contributed by atoms with Gasteiger partial charge in [-0.3, -0.25) is 4.79 Å². The van der Waals surface area contributed by atoms with Gasteiger partial charge in [-0.05, 0) is 48.5 Å². The molecule has 0 aliphatic rings. The molecule has 1 heterocycles. The second-order valence-corrected chi connectivity index (χ2v) is 5.17. The predicted octanol–water partition coefficient (Wildman–Crippen LogP) is 4.31. The second-order valence-electron chi connectivity index (χ2n) is 4.74. The van der Waals surface area contributed by atoms with E-state index in [0.717, 1.165) is 6.07 Å². The van der Waals surface area contributed by atoms with Gasteiger partial charge in [-0.25, -0.2) is 14.4 Å². The lowest BCUT2D eigenvalue weighted by atomic mass is 10.2. The lowest BCUT2D eigenvalue weighted by Gasteiger charge is -2.08. The Hall–Kier alpha value is -2.99. The van der Waals surface area contributed by atoms with E-state index in [1.165, 1.54) is 12.1 Å². The number of anilines is 1. The van der Waals surface area contributed by atoms with Crippen LogP contribution in [0.3, 0.4) is 0 Å². The molecule has 7 heteroatoms. The zero-order valence-corrected chi connectivity index (χ0v) is 13.0. The highest BCUT2D eigenvalue weighted by molar-refractivity contribution is 6.31. The van der Waals surface area contributed by atoms with Crippen LogP contribution in [0.5, 0.6) is 11.8 Å². The quantitative estimate of drug-likeness (QED) is 0.766. The number of aromatic nitrogens is 2. The summed E-state index contributed by atoms with van der Waals surface area (Å²) in [6, 6.07) is 12.2. The maximum Gasteiger partial charge on any atom is 0.321 e. The SMILES string of the molecule is O=C(Nc1ccc(Oc2ncccn2)cc1)c1cc(Cl)ccc1F. The molecule has 0 atom stereocenters. The number of hydrogen-bond acceptors (Lipinski definition) is 4. The minimum absolute atomic E-state index is 0.125. The van der Waals surface area contributed by atoms with Crippen molar-refractivity contribution in [2.45, 2.75) is 0 Å². The molecule has 0 saturated heterocycles. The molecule has 1 aromatic heterocycles. The number of amides is 1. The Balaban J connectivity index is 1.70. The molecule has 1 N–H and O–H groups in total. The summed E-state index contributed by atoms with van der Waals surface area (Å²) >= 11 is 5.79. The predicted molar refractivity (Wildman–Crippen MR) is 87.9 cm³/mol. The van der Waals surface area contributed by atoms with E-state index in [-0.39, 0.29) is 16.6 Å². The molecule has 24 heavy (non-hydrogen) atoms. The number of nitrogens with one attached hydrogen (secondary N) is 1. The molecular formula is C17H11ClFN3O2. The number of hydrogen-bond donors (Lipinski definition) is 1. The molecule has 3 aromatic rings. The summed E-state index contributed by atoms with van der Waals surface area (Å²) in [5, 5.41) is 2.88. The molecule has 3 rings (SSSR count). The van der Waals surface area contributed by atoms with Crippen LogP contribution in [-0.4, -0.2) is 15.9 Å². The van der Waals surface area contributed by atoms with Crippen LogP contribution in [-0.2, 0) is 0 Å². The third kappa shape index (κ3) is 3.85. The molecule has 0 bridgehead atoms. The number of carbonyl (C=O) groups excluding carboxylic acids is 1. The van der Waals surface area contributed by atoms with Gasteiger partial charge in [0.1, 0.15) is 11.6 Å². The number of rotatable bonds is 4. The molecule has 0 radical (unpaired) electrons. The van der Waals surface area contributed by atoms with Gasteiger partial charge in [-0.1, -0.05) is 11.6 Å². The Morgan fingerprint density at radius 1 is 1.08 bits per heavy atom. The third-order valence-electron chi connectivity index (χ3n) is 3.04. The average molecular weight is 344 g/mol. The average Bonchev–Trinajstić information content (AvgIpc) is 2.59. The Labute approximate surface area is 142 Å². The zero-order valence-electron chi connectivity index (χ0n) is 12.2. The first-order valence-electron chi connectivity index (χ1n) is 6.93. The van der Waals surface area contributed by atoms with Crippen molar-refractivity contribution in [2.24, 2.45) is 0 Å². The van der Waals surface area contributed by atoms with Crippen LogP contribution in [0.25, 0.3) is 0 Å². The van der Waals surface area contributed by atoms with Crippen molar-refractivity contribution in [1.82, 2.24) is 9.97 Å². The Morgan fingerprint density at radius 3 is 2.50 bits per heavy atom. The lowest BCUT2D eigenvalue weighted by molar-refractivity contribution is 0.102. The summed E-state index contributed by atoms with van der Waals surface area (Å²) in [6.45, 7) is 0. The van der Waals surface area contributed by atoms with E-state index >= 15 is 0 Å². The van der Waals surface area contributed by atoms with Crippen LogP contribution >= 0.6 is 11.6 Å². The van der Waals surface area contributed by atoms with Gasteiger partial charge in [0.05, 0.1) is 5.56 Å². The molecule has 1 amide bonds. The molecule has 0 aliphatic carbocycles. The van der Waals surface area contributed by atoms with E-state index in [9.17, 15) is 9.18 Å². The first kappa shape index (κ1) is 15.9. The normalized spacial score (nSPS) is 10.2. The van der Waals surface area contributed by atoms with Crippen molar-refractivity contribution in [3.05, 3.63) is 77.3 Å². The monoisotopic (exact) mass is 343 g/mol. The fraction of sp³-hybridized carbons (Fsp3) is 0. The molecule has 0 spiro atoms. The van der Waals surface area contributed by atoms with Gasteiger partial charge >= 0.3 is 6.01 Å². The van der Waals surface area contributed by atoms with E-state index in [2.05, 4.69) is 15.3 Å². The molecule has 2 aromatic carbocycles. The van der Waals surface area contributed by atoms with Gasteiger partial charge < -0.3 is 10.1 Å². The van der Waals surface area contributed by atoms with Crippen LogP contribution in [0, 0.1) is 5.82 Å². The van der Waals surface area contributed by atoms with Crippen molar-refractivity contribution in [3.8, 4) is 11.8 Å². The van der Waals surface area contributed by atoms with Crippen LogP contribution < -0.4 is 10.1 Å². The van der Waals surface area contributed by atoms with E-state index in [4.69, 9.17) is 16.3 Å². The largest absolute Gasteiger partial charge is 0.424 e. The Kier molecular flexibility index (Phi) is 4.67. The van der Waals surface area contributed by atoms with Gasteiger partial charge in [0, 0.05) is 23.1 Å². The fourth-order valence-electron chi connectivity index (χ4n) is 1.92. The van der Waals surface area contributed by atoms with Crippen molar-refractivity contribution in [1.29, 1.82) is 0 Å². The zero-order chi connectivity index (χ0) is 16.9. The first-order valence-corrected chi connectivity index (χ1v) is 7.31. The van der Waals surface area contributed by atoms with Crippen LogP contribution in [0.15, 0.2) is 60.9 Å². The number of ether oxygens (including phenoxy) is 1. The summed E-state index contributed by atoms with van der Waals surface area (Å²) in [4.78, 5) is 20.0. The first-order chi connectivity index (χ1) is 11.6. The highest BCUT2D eigenvalue weighted by Gasteiger charge is 2.12. The summed E-state index contributed by atoms with van der Waals surface area (Å²) < 4.78 is 19.1. The van der Waals surface area contributed by atoms with Crippen LogP contribution in [0.4, 0.5) is 10.1 Å². The van der Waals surface area contributed by atoms with Gasteiger partial charge in [0.2, 0.25) is 0 Å². The molecule has 0 unspecified atom stereocenters. The van der Waals surface area contributed by atoms with Crippen molar-refractivity contribution >= 4 is 23.2 Å². The molecule has 0 saturated carbocycles. The van der Waals surface area contributed by atoms with Gasteiger partial charge in [0.15, 0.2) is 0 Å². The number of benzene rings is 2. The van der Waals surface area contributed by atoms with Gasteiger partial charge in [-0.15, -0.1) is 0 Å². The summed E-state index contributed by atoms with van der Waals surface area (Å²) in [6.07, 6.45) is 3.13. The van der Waals surface area contributed by atoms with Crippen molar-refractivity contribution in [3.63, 3.8) is 0 Å². The standard InChI is InChI=1S/C17H11ClFN3O2/c18-11-2-7-15(19)14(10-11)16(23)22-12-3-5-13(6-4-12)24-17-20-8-1-9-21-17/h1-10H,(H,22,23). The lowest BCUT2D eigenvalue weighted by Crippen LogP contribution is -2.13. The van der Waals surface area contributed by atoms with Gasteiger partial charge in [0.25, 0.3) is 5.91 Å². The van der Waals surface area contributed by atoms with Crippen LogP contribution in [0.1, 0.15) is 10.4 Å². The minimum atomic E-state index is -0.641. The minimum Gasteiger partial charge on any atom is -0.424 e. The Morgan fingerprint density at radius 2 is 1.79 bits per heavy atom. The molecule has 5 nitrogen and oxygen atoms in total. The fourth-order valence-corrected chi connectivity index (χ4v) is 2.09. The molecular weight excluding hydrogens is 333 g/mol. The van der Waals surface area contributed by atoms with E-state index < -0.39 is 11.7 Å². The summed E-state index contributed by atoms with van der Waals surface area (Å²) in [7, 11) is 0. The Bertz CT molecular complexity index is 857. The second kappa shape index (κ2) is 7.06. The van der Waals surface area contributed by atoms with E-state index in [1.807, 2.05) is 0 Å². The van der Waals surface area contributed by atoms with Gasteiger partial charge in [-0.2, -0.15) is 0 Å².